The highest BCUT2D eigenvalue weighted by Gasteiger charge is 2.22. The highest BCUT2D eigenvalue weighted by atomic mass is 127. The topological polar surface area (TPSA) is 63.3 Å². The lowest BCUT2D eigenvalue weighted by Crippen LogP contribution is -1.99. The Morgan fingerprint density at radius 2 is 2.24 bits per heavy atom. The van der Waals surface area contributed by atoms with Crippen LogP contribution in [0.5, 0.6) is 0 Å². The van der Waals surface area contributed by atoms with Crippen molar-refractivity contribution in [1.29, 1.82) is 0 Å². The van der Waals surface area contributed by atoms with Crippen LogP contribution in [0.25, 0.3) is 11.3 Å². The Bertz CT molecular complexity index is 594. The Balaban J connectivity index is 2.65. The number of hydrogen-bond donors (Lipinski definition) is 1. The van der Waals surface area contributed by atoms with Gasteiger partial charge in [0.15, 0.2) is 0 Å². The molecule has 88 valence electrons. The maximum atomic E-state index is 11.1. The van der Waals surface area contributed by atoms with Crippen LogP contribution in [-0.4, -0.2) is 16.2 Å². The van der Waals surface area contributed by atoms with Gasteiger partial charge in [-0.15, -0.1) is 0 Å². The third-order valence-electron chi connectivity index (χ3n) is 2.26. The summed E-state index contributed by atoms with van der Waals surface area (Å²) in [4.78, 5) is 11.1. The number of benzene rings is 1. The minimum atomic E-state index is -1.04. The van der Waals surface area contributed by atoms with Crippen LogP contribution in [0.4, 0.5) is 0 Å². The van der Waals surface area contributed by atoms with Gasteiger partial charge in [0.1, 0.15) is 17.0 Å². The van der Waals surface area contributed by atoms with E-state index in [0.29, 0.717) is 17.0 Å². The average Bonchev–Trinajstić information content (AvgIpc) is 2.60. The lowest BCUT2D eigenvalue weighted by Gasteiger charge is -2.02. The molecular weight excluding hydrogens is 401 g/mol. The maximum Gasteiger partial charge on any atom is 0.341 e. The first-order valence-electron chi connectivity index (χ1n) is 4.65. The molecule has 0 spiro atoms. The SMILES string of the molecule is Cc1onc(-c2ccc(I)cc2Br)c1C(=O)O. The van der Waals surface area contributed by atoms with Crippen molar-refractivity contribution < 1.29 is 14.4 Å². The van der Waals surface area contributed by atoms with Gasteiger partial charge in [-0.1, -0.05) is 27.2 Å². The summed E-state index contributed by atoms with van der Waals surface area (Å²) in [5, 5.41) is 12.9. The smallest absolute Gasteiger partial charge is 0.341 e. The van der Waals surface area contributed by atoms with Gasteiger partial charge < -0.3 is 9.63 Å². The van der Waals surface area contributed by atoms with Crippen LogP contribution in [0.3, 0.4) is 0 Å². The van der Waals surface area contributed by atoms with Gasteiger partial charge in [0.05, 0.1) is 0 Å². The van der Waals surface area contributed by atoms with E-state index in [1.54, 1.807) is 6.92 Å². The fourth-order valence-electron chi connectivity index (χ4n) is 1.49. The van der Waals surface area contributed by atoms with Crippen molar-refractivity contribution in [3.63, 3.8) is 0 Å². The van der Waals surface area contributed by atoms with Gasteiger partial charge in [0, 0.05) is 13.6 Å². The van der Waals surface area contributed by atoms with Gasteiger partial charge in [-0.3, -0.25) is 0 Å². The van der Waals surface area contributed by atoms with Gasteiger partial charge >= 0.3 is 5.97 Å². The number of rotatable bonds is 2. The number of nitrogens with zero attached hydrogens (tertiary/aromatic N) is 1. The number of aromatic carboxylic acids is 1. The number of carboxylic acid groups (broad SMARTS) is 1. The van der Waals surface area contributed by atoms with Crippen LogP contribution in [0, 0.1) is 10.5 Å². The number of hydrogen-bond acceptors (Lipinski definition) is 3. The molecule has 0 saturated carbocycles. The van der Waals surface area contributed by atoms with Gasteiger partial charge in [-0.05, 0) is 41.6 Å². The summed E-state index contributed by atoms with van der Waals surface area (Å²) in [5.74, 6) is -0.734. The van der Waals surface area contributed by atoms with Crippen LogP contribution < -0.4 is 0 Å². The first kappa shape index (κ1) is 12.6. The second-order valence-electron chi connectivity index (χ2n) is 3.39. The summed E-state index contributed by atoms with van der Waals surface area (Å²) in [5.41, 5.74) is 1.16. The third-order valence-corrected chi connectivity index (χ3v) is 3.59. The van der Waals surface area contributed by atoms with Gasteiger partial charge in [-0.25, -0.2) is 4.79 Å². The van der Waals surface area contributed by atoms with Crippen LogP contribution in [0.1, 0.15) is 16.1 Å². The largest absolute Gasteiger partial charge is 0.477 e. The normalized spacial score (nSPS) is 10.5. The van der Waals surface area contributed by atoms with E-state index < -0.39 is 5.97 Å². The Kier molecular flexibility index (Phi) is 3.53. The molecule has 1 aromatic heterocycles. The molecule has 2 aromatic rings. The van der Waals surface area contributed by atoms with Crippen molar-refractivity contribution in [3.8, 4) is 11.3 Å². The molecule has 0 saturated heterocycles. The number of carbonyl (C=O) groups is 1. The molecule has 0 unspecified atom stereocenters. The summed E-state index contributed by atoms with van der Waals surface area (Å²) >= 11 is 5.58. The van der Waals surface area contributed by atoms with Crippen LogP contribution in [0.15, 0.2) is 27.2 Å². The molecular formula is C11H7BrINO3. The zero-order valence-electron chi connectivity index (χ0n) is 8.70. The van der Waals surface area contributed by atoms with Crippen LogP contribution in [-0.2, 0) is 0 Å². The lowest BCUT2D eigenvalue weighted by atomic mass is 10.1. The molecule has 0 aliphatic carbocycles. The standard InChI is InChI=1S/C11H7BrINO3/c1-5-9(11(15)16)10(14-17-5)7-3-2-6(13)4-8(7)12/h2-4H,1H3,(H,15,16). The fraction of sp³-hybridized carbons (Fsp3) is 0.0909. The van der Waals surface area contributed by atoms with Crippen molar-refractivity contribution in [2.75, 3.05) is 0 Å². The number of halogens is 2. The van der Waals surface area contributed by atoms with E-state index in [1.165, 1.54) is 0 Å². The minimum absolute atomic E-state index is 0.104. The van der Waals surface area contributed by atoms with Gasteiger partial charge in [0.2, 0.25) is 0 Å². The van der Waals surface area contributed by atoms with Gasteiger partial charge in [-0.2, -0.15) is 0 Å². The third kappa shape index (κ3) is 2.37. The highest BCUT2D eigenvalue weighted by Crippen LogP contribution is 2.32. The van der Waals surface area contributed by atoms with Crippen molar-refractivity contribution in [1.82, 2.24) is 5.16 Å². The minimum Gasteiger partial charge on any atom is -0.477 e. The van der Waals surface area contributed by atoms with E-state index in [-0.39, 0.29) is 5.56 Å². The predicted molar refractivity (Wildman–Crippen MR) is 74.1 cm³/mol. The quantitative estimate of drug-likeness (QED) is 0.770. The first-order chi connectivity index (χ1) is 8.00. The molecule has 1 aromatic carbocycles. The second-order valence-corrected chi connectivity index (χ2v) is 5.49. The molecule has 0 radical (unpaired) electrons. The van der Waals surface area contributed by atoms with E-state index in [0.717, 1.165) is 8.04 Å². The molecule has 17 heavy (non-hydrogen) atoms. The Morgan fingerprint density at radius 3 is 2.82 bits per heavy atom. The van der Waals surface area contributed by atoms with E-state index in [1.807, 2.05) is 18.2 Å². The summed E-state index contributed by atoms with van der Waals surface area (Å²) in [7, 11) is 0. The number of aryl methyl sites for hydroxylation is 1. The van der Waals surface area contributed by atoms with E-state index in [4.69, 9.17) is 9.63 Å². The van der Waals surface area contributed by atoms with Crippen LogP contribution >= 0.6 is 38.5 Å². The molecule has 0 bridgehead atoms. The summed E-state index contributed by atoms with van der Waals surface area (Å²) in [6.07, 6.45) is 0. The average molecular weight is 408 g/mol. The van der Waals surface area contributed by atoms with Crippen molar-refractivity contribution in [3.05, 3.63) is 37.6 Å². The predicted octanol–water partition coefficient (Wildman–Crippen LogP) is 3.72. The summed E-state index contributed by atoms with van der Waals surface area (Å²) in [6, 6.07) is 5.59. The van der Waals surface area contributed by atoms with Gasteiger partial charge in [0.25, 0.3) is 0 Å². The lowest BCUT2D eigenvalue weighted by molar-refractivity contribution is 0.0696. The molecule has 0 amide bonds. The van der Waals surface area contributed by atoms with E-state index in [9.17, 15) is 4.79 Å². The van der Waals surface area contributed by atoms with E-state index >= 15 is 0 Å². The molecule has 1 N–H and O–H groups in total. The summed E-state index contributed by atoms with van der Waals surface area (Å²) < 4.78 is 6.79. The fourth-order valence-corrected chi connectivity index (χ4v) is 2.98. The number of carboxylic acids is 1. The zero-order chi connectivity index (χ0) is 12.6. The molecule has 2 rings (SSSR count). The maximum absolute atomic E-state index is 11.1. The van der Waals surface area contributed by atoms with Crippen molar-refractivity contribution in [2.24, 2.45) is 0 Å². The Labute approximate surface area is 119 Å². The zero-order valence-corrected chi connectivity index (χ0v) is 12.4. The van der Waals surface area contributed by atoms with Crippen molar-refractivity contribution >= 4 is 44.5 Å². The monoisotopic (exact) mass is 407 g/mol. The molecule has 0 aliphatic heterocycles. The summed E-state index contributed by atoms with van der Waals surface area (Å²) in [6.45, 7) is 1.58. The van der Waals surface area contributed by atoms with Crippen molar-refractivity contribution in [2.45, 2.75) is 6.92 Å². The Morgan fingerprint density at radius 1 is 1.53 bits per heavy atom. The van der Waals surface area contributed by atoms with E-state index in [2.05, 4.69) is 43.7 Å². The molecule has 0 aliphatic rings. The number of aromatic nitrogens is 1. The van der Waals surface area contributed by atoms with Crippen LogP contribution in [0.2, 0.25) is 0 Å². The molecule has 6 heteroatoms. The first-order valence-corrected chi connectivity index (χ1v) is 6.53. The highest BCUT2D eigenvalue weighted by molar-refractivity contribution is 14.1. The second kappa shape index (κ2) is 4.77. The Hall–Kier alpha value is -0.890. The molecule has 4 nitrogen and oxygen atoms in total. The molecule has 0 fully saturated rings. The molecule has 0 atom stereocenters. The molecule has 1 heterocycles.